The summed E-state index contributed by atoms with van der Waals surface area (Å²) in [5, 5.41) is 11.4. The van der Waals surface area contributed by atoms with Crippen LogP contribution in [0.4, 0.5) is 0 Å². The summed E-state index contributed by atoms with van der Waals surface area (Å²) in [4.78, 5) is 14.8. The Morgan fingerprint density at radius 3 is 2.84 bits per heavy atom. The number of carbonyl (C=O) groups is 1. The summed E-state index contributed by atoms with van der Waals surface area (Å²) in [5.74, 6) is 1.03. The Labute approximate surface area is 148 Å². The average Bonchev–Trinajstić information content (AvgIpc) is 3.02. The van der Waals surface area contributed by atoms with E-state index in [9.17, 15) is 4.79 Å². The van der Waals surface area contributed by atoms with Gasteiger partial charge in [-0.05, 0) is 32.3 Å². The minimum absolute atomic E-state index is 0.166. The highest BCUT2D eigenvalue weighted by Crippen LogP contribution is 2.16. The van der Waals surface area contributed by atoms with Crippen LogP contribution < -0.4 is 5.32 Å². The van der Waals surface area contributed by atoms with Gasteiger partial charge in [-0.1, -0.05) is 19.0 Å². The number of amides is 1. The van der Waals surface area contributed by atoms with Crippen LogP contribution in [0.3, 0.4) is 0 Å². The van der Waals surface area contributed by atoms with Gasteiger partial charge in [0.15, 0.2) is 0 Å². The molecule has 0 saturated heterocycles. The Bertz CT molecular complexity index is 727. The zero-order valence-corrected chi connectivity index (χ0v) is 15.5. The second-order valence-corrected chi connectivity index (χ2v) is 7.21. The Kier molecular flexibility index (Phi) is 5.22. The Hall–Kier alpha value is -2.15. The fourth-order valence-corrected chi connectivity index (χ4v) is 3.41. The van der Waals surface area contributed by atoms with E-state index in [1.807, 2.05) is 0 Å². The molecule has 136 valence electrons. The molecule has 1 amide bonds. The number of nitrogens with one attached hydrogen (secondary N) is 1. The first kappa shape index (κ1) is 17.7. The first-order chi connectivity index (χ1) is 11.9. The minimum Gasteiger partial charge on any atom is -0.361 e. The van der Waals surface area contributed by atoms with Gasteiger partial charge in [-0.3, -0.25) is 14.4 Å². The molecule has 7 heteroatoms. The van der Waals surface area contributed by atoms with Crippen LogP contribution in [0.2, 0.25) is 0 Å². The first-order valence-electron chi connectivity index (χ1n) is 8.93. The quantitative estimate of drug-likeness (QED) is 0.900. The molecule has 1 aliphatic heterocycles. The van der Waals surface area contributed by atoms with Crippen LogP contribution in [0.15, 0.2) is 10.6 Å². The van der Waals surface area contributed by atoms with Gasteiger partial charge in [0, 0.05) is 26.2 Å². The molecular weight excluding hydrogens is 318 g/mol. The summed E-state index contributed by atoms with van der Waals surface area (Å²) in [6, 6.07) is 2.10. The highest BCUT2D eigenvalue weighted by atomic mass is 16.5. The second kappa shape index (κ2) is 7.39. The largest absolute Gasteiger partial charge is 0.361 e. The maximum absolute atomic E-state index is 12.3. The number of carbonyl (C=O) groups excluding carboxylic acids is 1. The molecule has 0 aromatic carbocycles. The molecule has 1 aliphatic rings. The molecule has 0 atom stereocenters. The molecular formula is C18H27N5O2. The third-order valence-electron chi connectivity index (χ3n) is 4.46. The third kappa shape index (κ3) is 4.10. The van der Waals surface area contributed by atoms with E-state index in [1.165, 1.54) is 5.69 Å². The number of hydrogen-bond acceptors (Lipinski definition) is 5. The van der Waals surface area contributed by atoms with Gasteiger partial charge in [-0.2, -0.15) is 5.10 Å². The normalized spacial score (nSPS) is 15.2. The molecule has 3 rings (SSSR count). The molecule has 0 saturated carbocycles. The van der Waals surface area contributed by atoms with Crippen LogP contribution in [-0.2, 0) is 19.6 Å². The fraction of sp³-hybridized carbons (Fsp3) is 0.611. The van der Waals surface area contributed by atoms with Crippen molar-refractivity contribution >= 4 is 5.91 Å². The molecule has 0 fully saturated rings. The van der Waals surface area contributed by atoms with Gasteiger partial charge in [0.1, 0.15) is 11.3 Å². The fourth-order valence-electron chi connectivity index (χ4n) is 3.41. The predicted octanol–water partition coefficient (Wildman–Crippen LogP) is 2.28. The van der Waals surface area contributed by atoms with E-state index in [4.69, 9.17) is 4.52 Å². The van der Waals surface area contributed by atoms with Gasteiger partial charge >= 0.3 is 0 Å². The van der Waals surface area contributed by atoms with E-state index in [2.05, 4.69) is 45.1 Å². The number of rotatable bonds is 5. The third-order valence-corrected chi connectivity index (χ3v) is 4.46. The van der Waals surface area contributed by atoms with E-state index in [-0.39, 0.29) is 5.91 Å². The van der Waals surface area contributed by atoms with Crippen LogP contribution in [-0.4, -0.2) is 38.8 Å². The van der Waals surface area contributed by atoms with Gasteiger partial charge < -0.3 is 9.84 Å². The molecule has 2 aromatic heterocycles. The van der Waals surface area contributed by atoms with Gasteiger partial charge in [0.2, 0.25) is 0 Å². The van der Waals surface area contributed by atoms with Crippen molar-refractivity contribution in [2.45, 2.75) is 53.8 Å². The van der Waals surface area contributed by atoms with E-state index in [1.54, 1.807) is 13.8 Å². The molecule has 0 bridgehead atoms. The lowest BCUT2D eigenvalue weighted by Crippen LogP contribution is -2.27. The smallest absolute Gasteiger partial charge is 0.257 e. The van der Waals surface area contributed by atoms with Gasteiger partial charge in [0.05, 0.1) is 23.6 Å². The van der Waals surface area contributed by atoms with Crippen molar-refractivity contribution in [2.24, 2.45) is 5.92 Å². The maximum Gasteiger partial charge on any atom is 0.257 e. The topological polar surface area (TPSA) is 76.2 Å². The lowest BCUT2D eigenvalue weighted by Gasteiger charge is -2.21. The molecule has 1 N–H and O–H groups in total. The number of fused-ring (bicyclic) bond motifs is 1. The van der Waals surface area contributed by atoms with Crippen molar-refractivity contribution in [3.63, 3.8) is 0 Å². The molecule has 3 heterocycles. The lowest BCUT2D eigenvalue weighted by atomic mass is 10.2. The Morgan fingerprint density at radius 2 is 2.16 bits per heavy atom. The van der Waals surface area contributed by atoms with Gasteiger partial charge in [-0.25, -0.2) is 0 Å². The van der Waals surface area contributed by atoms with Crippen molar-refractivity contribution in [2.75, 3.05) is 13.1 Å². The molecule has 2 aromatic rings. The van der Waals surface area contributed by atoms with E-state index in [0.29, 0.717) is 29.5 Å². The van der Waals surface area contributed by atoms with Crippen LogP contribution >= 0.6 is 0 Å². The van der Waals surface area contributed by atoms with Crippen LogP contribution in [0.5, 0.6) is 0 Å². The molecule has 0 aliphatic carbocycles. The summed E-state index contributed by atoms with van der Waals surface area (Å²) < 4.78 is 7.14. The van der Waals surface area contributed by atoms with Crippen molar-refractivity contribution in [1.29, 1.82) is 0 Å². The zero-order valence-electron chi connectivity index (χ0n) is 15.5. The standard InChI is InChI=1S/C18H27N5O2/c1-12(2)10-22-6-5-7-23-16(11-22)8-15(20-23)9-19-18(24)17-13(3)21-25-14(17)4/h8,12H,5-7,9-11H2,1-4H3,(H,19,24). The van der Waals surface area contributed by atoms with E-state index in [0.717, 1.165) is 38.3 Å². The Morgan fingerprint density at radius 1 is 1.36 bits per heavy atom. The summed E-state index contributed by atoms with van der Waals surface area (Å²) in [6.07, 6.45) is 1.10. The van der Waals surface area contributed by atoms with Gasteiger partial charge in [0.25, 0.3) is 5.91 Å². The highest BCUT2D eigenvalue weighted by Gasteiger charge is 2.19. The van der Waals surface area contributed by atoms with Crippen LogP contribution in [0, 0.1) is 19.8 Å². The number of hydrogen-bond donors (Lipinski definition) is 1. The number of aromatic nitrogens is 3. The summed E-state index contributed by atoms with van der Waals surface area (Å²) in [6.45, 7) is 12.5. The molecule has 0 spiro atoms. The molecule has 25 heavy (non-hydrogen) atoms. The van der Waals surface area contributed by atoms with Crippen molar-refractivity contribution < 1.29 is 9.32 Å². The first-order valence-corrected chi connectivity index (χ1v) is 8.93. The highest BCUT2D eigenvalue weighted by molar-refractivity contribution is 5.95. The van der Waals surface area contributed by atoms with Crippen molar-refractivity contribution in [3.8, 4) is 0 Å². The molecule has 0 unspecified atom stereocenters. The van der Waals surface area contributed by atoms with Crippen LogP contribution in [0.25, 0.3) is 0 Å². The lowest BCUT2D eigenvalue weighted by molar-refractivity contribution is 0.0948. The second-order valence-electron chi connectivity index (χ2n) is 7.21. The average molecular weight is 345 g/mol. The minimum atomic E-state index is -0.166. The predicted molar refractivity (Wildman–Crippen MR) is 94.1 cm³/mol. The Balaban J connectivity index is 1.64. The summed E-state index contributed by atoms with van der Waals surface area (Å²) in [7, 11) is 0. The van der Waals surface area contributed by atoms with E-state index < -0.39 is 0 Å². The summed E-state index contributed by atoms with van der Waals surface area (Å²) >= 11 is 0. The number of aryl methyl sites for hydroxylation is 3. The van der Waals surface area contributed by atoms with Gasteiger partial charge in [-0.15, -0.1) is 0 Å². The number of nitrogens with zero attached hydrogens (tertiary/aromatic N) is 4. The monoisotopic (exact) mass is 345 g/mol. The zero-order chi connectivity index (χ0) is 18.0. The summed E-state index contributed by atoms with van der Waals surface area (Å²) in [5.41, 5.74) is 3.24. The van der Waals surface area contributed by atoms with E-state index >= 15 is 0 Å². The maximum atomic E-state index is 12.3. The molecule has 0 radical (unpaired) electrons. The van der Waals surface area contributed by atoms with Crippen molar-refractivity contribution in [3.05, 3.63) is 34.5 Å². The molecule has 7 nitrogen and oxygen atoms in total. The SMILES string of the molecule is Cc1noc(C)c1C(=O)NCc1cc2n(n1)CCCN(CC(C)C)C2. The van der Waals surface area contributed by atoms with Crippen molar-refractivity contribution in [1.82, 2.24) is 25.2 Å². The van der Waals surface area contributed by atoms with Crippen LogP contribution in [0.1, 0.15) is 53.5 Å².